The molecule has 1 heterocycles. The van der Waals surface area contributed by atoms with E-state index in [0.29, 0.717) is 17.7 Å². The minimum atomic E-state index is -0.419. The Morgan fingerprint density at radius 1 is 1.10 bits per heavy atom. The van der Waals surface area contributed by atoms with Crippen molar-refractivity contribution in [2.24, 2.45) is 0 Å². The van der Waals surface area contributed by atoms with Crippen LogP contribution in [0.25, 0.3) is 10.9 Å². The molecule has 3 aromatic rings. The van der Waals surface area contributed by atoms with Gasteiger partial charge in [0, 0.05) is 42.3 Å². The monoisotopic (exact) mass is 419 g/mol. The standard InChI is InChI=1S/C24H25N3O4/c1-25-23(29)17-9-7-16(8-10-17)13-27(18-11-12-18)22(28)15-26-14-20(24(30)31-2)19-5-3-4-6-21(19)26/h3-10,14,18H,11-13,15H2,1-2H3,(H,25,29). The summed E-state index contributed by atoms with van der Waals surface area (Å²) >= 11 is 0. The van der Waals surface area contributed by atoms with Crippen molar-refractivity contribution < 1.29 is 19.1 Å². The second-order valence-electron chi connectivity index (χ2n) is 7.71. The molecule has 2 amide bonds. The Morgan fingerprint density at radius 3 is 2.45 bits per heavy atom. The van der Waals surface area contributed by atoms with Gasteiger partial charge in [0.2, 0.25) is 5.91 Å². The highest BCUT2D eigenvalue weighted by molar-refractivity contribution is 6.04. The number of carbonyl (C=O) groups is 3. The van der Waals surface area contributed by atoms with Gasteiger partial charge in [0.05, 0.1) is 12.7 Å². The van der Waals surface area contributed by atoms with Crippen molar-refractivity contribution in [2.75, 3.05) is 14.2 Å². The molecule has 4 rings (SSSR count). The molecule has 1 aliphatic rings. The molecule has 7 heteroatoms. The molecule has 0 unspecified atom stereocenters. The van der Waals surface area contributed by atoms with Crippen molar-refractivity contribution in [3.63, 3.8) is 0 Å². The number of aromatic nitrogens is 1. The van der Waals surface area contributed by atoms with Crippen LogP contribution in [0.15, 0.2) is 54.7 Å². The van der Waals surface area contributed by atoms with Gasteiger partial charge in [-0.25, -0.2) is 4.79 Å². The van der Waals surface area contributed by atoms with E-state index in [9.17, 15) is 14.4 Å². The minimum Gasteiger partial charge on any atom is -0.465 e. The molecule has 0 aliphatic heterocycles. The number of para-hydroxylation sites is 1. The van der Waals surface area contributed by atoms with Crippen molar-refractivity contribution in [3.05, 3.63) is 71.4 Å². The van der Waals surface area contributed by atoms with Gasteiger partial charge in [-0.3, -0.25) is 9.59 Å². The van der Waals surface area contributed by atoms with Crippen LogP contribution in [0.3, 0.4) is 0 Å². The van der Waals surface area contributed by atoms with E-state index < -0.39 is 5.97 Å². The number of ether oxygens (including phenoxy) is 1. The zero-order chi connectivity index (χ0) is 22.0. The summed E-state index contributed by atoms with van der Waals surface area (Å²) in [7, 11) is 2.95. The predicted octanol–water partition coefficient (Wildman–Crippen LogP) is 2.98. The highest BCUT2D eigenvalue weighted by Gasteiger charge is 2.33. The van der Waals surface area contributed by atoms with Crippen molar-refractivity contribution in [3.8, 4) is 0 Å². The predicted molar refractivity (Wildman–Crippen MR) is 117 cm³/mol. The van der Waals surface area contributed by atoms with Crippen LogP contribution in [0.4, 0.5) is 0 Å². The Labute approximate surface area is 180 Å². The van der Waals surface area contributed by atoms with Crippen molar-refractivity contribution >= 4 is 28.7 Å². The lowest BCUT2D eigenvalue weighted by Crippen LogP contribution is -2.35. The van der Waals surface area contributed by atoms with Crippen LogP contribution in [0.1, 0.15) is 39.1 Å². The van der Waals surface area contributed by atoms with Gasteiger partial charge < -0.3 is 19.5 Å². The number of nitrogens with zero attached hydrogens (tertiary/aromatic N) is 2. The van der Waals surface area contributed by atoms with Crippen LogP contribution < -0.4 is 5.32 Å². The highest BCUT2D eigenvalue weighted by Crippen LogP contribution is 2.29. The summed E-state index contributed by atoms with van der Waals surface area (Å²) in [5.74, 6) is -0.560. The van der Waals surface area contributed by atoms with E-state index in [-0.39, 0.29) is 24.4 Å². The third-order valence-electron chi connectivity index (χ3n) is 5.60. The molecule has 0 atom stereocenters. The van der Waals surface area contributed by atoms with E-state index >= 15 is 0 Å². The molecule has 1 aromatic heterocycles. The average molecular weight is 419 g/mol. The van der Waals surface area contributed by atoms with Crippen LogP contribution in [0.5, 0.6) is 0 Å². The Bertz CT molecular complexity index is 1130. The topological polar surface area (TPSA) is 80.6 Å². The molecule has 160 valence electrons. The molecule has 0 radical (unpaired) electrons. The third kappa shape index (κ3) is 4.30. The number of hydrogen-bond acceptors (Lipinski definition) is 4. The normalized spacial score (nSPS) is 13.1. The highest BCUT2D eigenvalue weighted by atomic mass is 16.5. The summed E-state index contributed by atoms with van der Waals surface area (Å²) in [6.07, 6.45) is 3.67. The van der Waals surface area contributed by atoms with Crippen molar-refractivity contribution in [1.82, 2.24) is 14.8 Å². The van der Waals surface area contributed by atoms with Gasteiger partial charge in [-0.2, -0.15) is 0 Å². The van der Waals surface area contributed by atoms with Gasteiger partial charge in [-0.15, -0.1) is 0 Å². The lowest BCUT2D eigenvalue weighted by molar-refractivity contribution is -0.133. The molecule has 1 fully saturated rings. The van der Waals surface area contributed by atoms with Crippen LogP contribution in [-0.2, 0) is 22.6 Å². The van der Waals surface area contributed by atoms with E-state index in [2.05, 4.69) is 5.32 Å². The lowest BCUT2D eigenvalue weighted by Gasteiger charge is -2.23. The molecule has 1 N–H and O–H groups in total. The van der Waals surface area contributed by atoms with Gasteiger partial charge in [0.15, 0.2) is 0 Å². The number of hydrogen-bond donors (Lipinski definition) is 1. The number of esters is 1. The molecule has 31 heavy (non-hydrogen) atoms. The van der Waals surface area contributed by atoms with Gasteiger partial charge in [0.25, 0.3) is 5.91 Å². The Hall–Kier alpha value is -3.61. The molecular weight excluding hydrogens is 394 g/mol. The second kappa shape index (κ2) is 8.63. The number of nitrogens with one attached hydrogen (secondary N) is 1. The van der Waals surface area contributed by atoms with Crippen LogP contribution in [0, 0.1) is 0 Å². The van der Waals surface area contributed by atoms with Gasteiger partial charge in [-0.1, -0.05) is 30.3 Å². The average Bonchev–Trinajstić information content (AvgIpc) is 3.58. The van der Waals surface area contributed by atoms with E-state index in [1.54, 1.807) is 25.4 Å². The maximum atomic E-state index is 13.2. The molecule has 0 bridgehead atoms. The smallest absolute Gasteiger partial charge is 0.340 e. The Morgan fingerprint density at radius 2 is 1.81 bits per heavy atom. The van der Waals surface area contributed by atoms with E-state index in [1.165, 1.54) is 7.11 Å². The number of rotatable bonds is 7. The van der Waals surface area contributed by atoms with Crippen LogP contribution in [-0.4, -0.2) is 47.4 Å². The number of fused-ring (bicyclic) bond motifs is 1. The van der Waals surface area contributed by atoms with Crippen molar-refractivity contribution in [1.29, 1.82) is 0 Å². The SMILES string of the molecule is CNC(=O)c1ccc(CN(C(=O)Cn2cc(C(=O)OC)c3ccccc32)C2CC2)cc1. The maximum absolute atomic E-state index is 13.2. The van der Waals surface area contributed by atoms with E-state index in [0.717, 1.165) is 29.3 Å². The van der Waals surface area contributed by atoms with Crippen LogP contribution >= 0.6 is 0 Å². The first-order chi connectivity index (χ1) is 15.0. The van der Waals surface area contributed by atoms with Crippen LogP contribution in [0.2, 0.25) is 0 Å². The zero-order valence-corrected chi connectivity index (χ0v) is 17.6. The van der Waals surface area contributed by atoms with Crippen molar-refractivity contribution in [2.45, 2.75) is 32.0 Å². The Balaban J connectivity index is 1.55. The maximum Gasteiger partial charge on any atom is 0.340 e. The molecule has 2 aromatic carbocycles. The molecular formula is C24H25N3O4. The minimum absolute atomic E-state index is 0.00459. The second-order valence-corrected chi connectivity index (χ2v) is 7.71. The first kappa shape index (κ1) is 20.7. The summed E-state index contributed by atoms with van der Waals surface area (Å²) in [5, 5.41) is 3.37. The quantitative estimate of drug-likeness (QED) is 0.597. The van der Waals surface area contributed by atoms with E-state index in [1.807, 2.05) is 45.9 Å². The molecule has 1 aliphatic carbocycles. The fourth-order valence-corrected chi connectivity index (χ4v) is 3.80. The molecule has 7 nitrogen and oxygen atoms in total. The largest absolute Gasteiger partial charge is 0.465 e. The lowest BCUT2D eigenvalue weighted by atomic mass is 10.1. The summed E-state index contributed by atoms with van der Waals surface area (Å²) in [6, 6.07) is 15.0. The first-order valence-corrected chi connectivity index (χ1v) is 10.3. The third-order valence-corrected chi connectivity index (χ3v) is 5.60. The summed E-state index contributed by atoms with van der Waals surface area (Å²) in [4.78, 5) is 39.0. The summed E-state index contributed by atoms with van der Waals surface area (Å²) < 4.78 is 6.71. The number of carbonyl (C=O) groups excluding carboxylic acids is 3. The zero-order valence-electron chi connectivity index (χ0n) is 17.6. The number of methoxy groups -OCH3 is 1. The molecule has 0 spiro atoms. The van der Waals surface area contributed by atoms with E-state index in [4.69, 9.17) is 4.74 Å². The van der Waals surface area contributed by atoms with Gasteiger partial charge >= 0.3 is 5.97 Å². The van der Waals surface area contributed by atoms with Gasteiger partial charge in [0.1, 0.15) is 6.54 Å². The molecule has 1 saturated carbocycles. The number of benzene rings is 2. The number of amides is 2. The fourth-order valence-electron chi connectivity index (χ4n) is 3.80. The molecule has 0 saturated heterocycles. The first-order valence-electron chi connectivity index (χ1n) is 10.3. The summed E-state index contributed by atoms with van der Waals surface area (Å²) in [6.45, 7) is 0.630. The summed E-state index contributed by atoms with van der Waals surface area (Å²) in [5.41, 5.74) is 2.83. The fraction of sp³-hybridized carbons (Fsp3) is 0.292. The Kier molecular flexibility index (Phi) is 5.75. The van der Waals surface area contributed by atoms with Gasteiger partial charge in [-0.05, 0) is 36.6 Å².